The molecule has 9 rings (SSSR count). The summed E-state index contributed by atoms with van der Waals surface area (Å²) in [4.78, 5) is 27.3. The number of rotatable bonds is 1. The number of hydrogen-bond acceptors (Lipinski definition) is 5. The van der Waals surface area contributed by atoms with Crippen molar-refractivity contribution in [1.82, 2.24) is 19.8 Å². The lowest BCUT2D eigenvalue weighted by molar-refractivity contribution is -0.180. The van der Waals surface area contributed by atoms with Crippen molar-refractivity contribution in [3.8, 4) is 0 Å². The van der Waals surface area contributed by atoms with Gasteiger partial charge in [-0.2, -0.15) is 0 Å². The summed E-state index contributed by atoms with van der Waals surface area (Å²) in [6, 6.07) is 11.2. The van der Waals surface area contributed by atoms with Crippen LogP contribution in [0.2, 0.25) is 0 Å². The van der Waals surface area contributed by atoms with E-state index in [0.29, 0.717) is 30.6 Å². The second-order valence-electron chi connectivity index (χ2n) is 14.1. The van der Waals surface area contributed by atoms with Crippen molar-refractivity contribution in [3.05, 3.63) is 60.5 Å². The molecule has 6 aliphatic rings. The highest BCUT2D eigenvalue weighted by Crippen LogP contribution is 2.70. The Bertz CT molecular complexity index is 1640. The maximum Gasteiger partial charge on any atom is 0.133 e. The third kappa shape index (κ3) is 3.55. The molecule has 1 spiro atoms. The highest BCUT2D eigenvalue weighted by Gasteiger charge is 2.77. The second-order valence-corrected chi connectivity index (χ2v) is 14.1. The Morgan fingerprint density at radius 1 is 0.952 bits per heavy atom. The van der Waals surface area contributed by atoms with Crippen LogP contribution in [0.15, 0.2) is 54.8 Å². The number of carbonyl (C=O) groups is 1. The number of nitrogens with one attached hydrogen (secondary N) is 1. The fourth-order valence-electron chi connectivity index (χ4n) is 10.5. The predicted molar refractivity (Wildman–Crippen MR) is 166 cm³/mol. The molecule has 5 bridgehead atoms. The maximum atomic E-state index is 12.8. The number of fused-ring (bicyclic) bond motifs is 4. The van der Waals surface area contributed by atoms with E-state index in [4.69, 9.17) is 9.72 Å². The molecule has 4 saturated heterocycles. The van der Waals surface area contributed by atoms with Gasteiger partial charge in [0.05, 0.1) is 17.3 Å². The molecule has 2 aromatic heterocycles. The number of nitrogens with zero attached hydrogens (tertiary/aromatic N) is 3. The molecule has 0 saturated carbocycles. The van der Waals surface area contributed by atoms with Crippen LogP contribution in [0.4, 0.5) is 0 Å². The minimum Gasteiger partial charge on any atom is -0.353 e. The van der Waals surface area contributed by atoms with Gasteiger partial charge in [0.15, 0.2) is 0 Å². The molecule has 1 N–H and O–H groups in total. The fraction of sp³-hybridized carbons (Fsp3) is 0.556. The van der Waals surface area contributed by atoms with Crippen LogP contribution in [0.5, 0.6) is 0 Å². The van der Waals surface area contributed by atoms with Crippen molar-refractivity contribution < 1.29 is 9.53 Å². The van der Waals surface area contributed by atoms with Crippen LogP contribution in [0.3, 0.4) is 0 Å². The highest BCUT2D eigenvalue weighted by atomic mass is 16.6. The minimum absolute atomic E-state index is 0.0988. The van der Waals surface area contributed by atoms with E-state index < -0.39 is 0 Å². The zero-order valence-electron chi connectivity index (χ0n) is 24.6. The number of para-hydroxylation sites is 1. The second kappa shape index (κ2) is 9.35. The summed E-state index contributed by atoms with van der Waals surface area (Å²) in [5.41, 5.74) is 4.28. The summed E-state index contributed by atoms with van der Waals surface area (Å²) in [5.74, 6) is 0.850. The first-order valence-corrected chi connectivity index (χ1v) is 16.6. The van der Waals surface area contributed by atoms with Crippen LogP contribution in [0.25, 0.3) is 27.4 Å². The number of ketones is 1. The summed E-state index contributed by atoms with van der Waals surface area (Å²) in [6.45, 7) is 4.44. The number of piperidine rings is 1. The van der Waals surface area contributed by atoms with Gasteiger partial charge in [-0.25, -0.2) is 0 Å². The van der Waals surface area contributed by atoms with E-state index in [1.54, 1.807) is 0 Å². The standard InChI is InChI=1S/C36H42N4O2/c41-25-10-9-20-40-33-34-23-36(40,17-13-25)42-35(33)16-7-3-1-2-4-8-19-39(24-34)21-15-29(34)28(22-35)31-32-27(14-18-37-31)26-11-5-6-12-30(26)38-32/h1,3,5-6,11-12,14,18,22,29,33,38H,2,4,7-10,13,15-17,19-21,23-24H2/t29-,33+,34-,35-,36+/m0/s1. The number of H-pyrrole nitrogens is 1. The zero-order valence-corrected chi connectivity index (χ0v) is 24.6. The van der Waals surface area contributed by atoms with E-state index in [-0.39, 0.29) is 16.7 Å². The van der Waals surface area contributed by atoms with Gasteiger partial charge in [0, 0.05) is 53.8 Å². The molecule has 1 unspecified atom stereocenters. The average molecular weight is 563 g/mol. The predicted octanol–water partition coefficient (Wildman–Crippen LogP) is 6.62. The number of aromatic nitrogens is 2. The molecule has 6 heteroatoms. The number of hydrogen-bond donors (Lipinski definition) is 1. The minimum atomic E-state index is -0.366. The quantitative estimate of drug-likeness (QED) is 0.338. The third-order valence-corrected chi connectivity index (χ3v) is 11.9. The van der Waals surface area contributed by atoms with Gasteiger partial charge in [-0.3, -0.25) is 14.7 Å². The smallest absolute Gasteiger partial charge is 0.133 e. The fourth-order valence-corrected chi connectivity index (χ4v) is 10.5. The first-order valence-electron chi connectivity index (χ1n) is 16.6. The maximum absolute atomic E-state index is 12.8. The van der Waals surface area contributed by atoms with Gasteiger partial charge in [0.25, 0.3) is 0 Å². The van der Waals surface area contributed by atoms with E-state index in [1.807, 2.05) is 6.20 Å². The molecule has 6 atom stereocenters. The summed E-state index contributed by atoms with van der Waals surface area (Å²) in [5, 5.41) is 2.52. The molecule has 6 nitrogen and oxygen atoms in total. The van der Waals surface area contributed by atoms with Gasteiger partial charge >= 0.3 is 0 Å². The average Bonchev–Trinajstić information content (AvgIpc) is 3.58. The van der Waals surface area contributed by atoms with Gasteiger partial charge in [-0.15, -0.1) is 0 Å². The summed E-state index contributed by atoms with van der Waals surface area (Å²) >= 11 is 0. The van der Waals surface area contributed by atoms with Gasteiger partial charge in [0.2, 0.25) is 0 Å². The normalized spacial score (nSPS) is 38.4. The Balaban J connectivity index is 1.27. The zero-order chi connectivity index (χ0) is 27.9. The number of ether oxygens (including phenoxy) is 1. The van der Waals surface area contributed by atoms with Crippen LogP contribution < -0.4 is 0 Å². The van der Waals surface area contributed by atoms with Gasteiger partial charge in [-0.1, -0.05) is 30.4 Å². The monoisotopic (exact) mass is 562 g/mol. The number of pyridine rings is 1. The Labute approximate surface area is 248 Å². The lowest BCUT2D eigenvalue weighted by Gasteiger charge is -2.59. The number of benzene rings is 1. The first-order chi connectivity index (χ1) is 20.6. The molecule has 218 valence electrons. The highest BCUT2D eigenvalue weighted by molar-refractivity contribution is 6.09. The number of aromatic amines is 1. The van der Waals surface area contributed by atoms with Crippen molar-refractivity contribution in [2.45, 2.75) is 88.0 Å². The van der Waals surface area contributed by atoms with Crippen LogP contribution in [-0.4, -0.2) is 69.1 Å². The lowest BCUT2D eigenvalue weighted by atomic mass is 9.53. The van der Waals surface area contributed by atoms with Crippen LogP contribution in [-0.2, 0) is 9.53 Å². The van der Waals surface area contributed by atoms with Gasteiger partial charge < -0.3 is 14.6 Å². The summed E-state index contributed by atoms with van der Waals surface area (Å²) < 4.78 is 7.53. The van der Waals surface area contributed by atoms with E-state index in [2.05, 4.69) is 63.3 Å². The molecule has 1 aliphatic carbocycles. The van der Waals surface area contributed by atoms with Crippen molar-refractivity contribution >= 4 is 33.2 Å². The Kier molecular flexibility index (Phi) is 5.71. The number of carbonyl (C=O) groups excluding carboxylic acids is 1. The van der Waals surface area contributed by atoms with Crippen molar-refractivity contribution in [2.75, 3.05) is 26.2 Å². The van der Waals surface area contributed by atoms with E-state index in [1.165, 1.54) is 47.7 Å². The molecule has 7 heterocycles. The molecule has 3 aromatic rings. The van der Waals surface area contributed by atoms with Gasteiger partial charge in [-0.05, 0) is 101 Å². The SMILES string of the molecule is O=C1CCCN2[C@@H]3[C@@]45CN6CCCCC=CCC[C@@]3(C=C(c3nccc7c3[nH]c3ccccc37)[C@@H]4CC6)O[C@]2(CC1)C5. The Morgan fingerprint density at radius 3 is 2.86 bits per heavy atom. The van der Waals surface area contributed by atoms with Crippen LogP contribution in [0.1, 0.15) is 76.3 Å². The Hall–Kier alpha value is -2.80. The molecule has 42 heavy (non-hydrogen) atoms. The molecule has 1 aromatic carbocycles. The van der Waals surface area contributed by atoms with Crippen molar-refractivity contribution in [2.24, 2.45) is 11.3 Å². The van der Waals surface area contributed by atoms with E-state index in [9.17, 15) is 4.79 Å². The Morgan fingerprint density at radius 2 is 1.88 bits per heavy atom. The summed E-state index contributed by atoms with van der Waals surface area (Å²) in [6.07, 6.45) is 20.5. The topological polar surface area (TPSA) is 61.5 Å². The molecular formula is C36H42N4O2. The third-order valence-electron chi connectivity index (χ3n) is 11.9. The van der Waals surface area contributed by atoms with E-state index >= 15 is 0 Å². The molecular weight excluding hydrogens is 520 g/mol. The first kappa shape index (κ1) is 25.7. The molecule has 0 radical (unpaired) electrons. The van der Waals surface area contributed by atoms with Crippen molar-refractivity contribution in [3.63, 3.8) is 0 Å². The number of allylic oxidation sites excluding steroid dienone is 3. The largest absolute Gasteiger partial charge is 0.353 e. The van der Waals surface area contributed by atoms with Crippen LogP contribution in [0, 0.1) is 11.3 Å². The van der Waals surface area contributed by atoms with Gasteiger partial charge in [0.1, 0.15) is 17.1 Å². The van der Waals surface area contributed by atoms with E-state index in [0.717, 1.165) is 69.4 Å². The lowest BCUT2D eigenvalue weighted by Crippen LogP contribution is -2.65. The van der Waals surface area contributed by atoms with Crippen LogP contribution >= 0.6 is 0 Å². The summed E-state index contributed by atoms with van der Waals surface area (Å²) in [7, 11) is 0. The molecule has 5 aliphatic heterocycles. The van der Waals surface area contributed by atoms with Crippen molar-refractivity contribution in [1.29, 1.82) is 0 Å². The molecule has 0 amide bonds. The molecule has 4 fully saturated rings. The number of Topliss-reactive ketones (excluding diaryl/α,β-unsaturated/α-hetero) is 1.